The summed E-state index contributed by atoms with van der Waals surface area (Å²) in [5.41, 5.74) is 0. The van der Waals surface area contributed by atoms with Gasteiger partial charge in [-0.3, -0.25) is 19.2 Å². The molecule has 8 heteroatoms. The molecular formula is C25H44O8. The van der Waals surface area contributed by atoms with E-state index in [1.54, 1.807) is 0 Å². The van der Waals surface area contributed by atoms with Crippen molar-refractivity contribution in [3.8, 4) is 0 Å². The molecule has 0 saturated heterocycles. The van der Waals surface area contributed by atoms with Gasteiger partial charge in [-0.1, -0.05) is 58.8 Å². The van der Waals surface area contributed by atoms with E-state index in [1.807, 2.05) is 0 Å². The minimum Gasteiger partial charge on any atom is -0.481 e. The molecule has 0 bridgehead atoms. The van der Waals surface area contributed by atoms with Gasteiger partial charge in [0.1, 0.15) is 12.7 Å². The zero-order valence-electron chi connectivity index (χ0n) is 20.6. The molecule has 0 aromatic carbocycles. The van der Waals surface area contributed by atoms with Crippen molar-refractivity contribution in [3.05, 3.63) is 0 Å². The lowest BCUT2D eigenvalue weighted by Gasteiger charge is -2.21. The van der Waals surface area contributed by atoms with Crippen molar-refractivity contribution in [1.82, 2.24) is 0 Å². The predicted molar refractivity (Wildman–Crippen MR) is 125 cm³/mol. The smallest absolute Gasteiger partial charge is 0.306 e. The van der Waals surface area contributed by atoms with Gasteiger partial charge in [0.05, 0.1) is 6.61 Å². The molecule has 1 N–H and O–H groups in total. The molecule has 0 amide bonds. The summed E-state index contributed by atoms with van der Waals surface area (Å²) in [7, 11) is 0. The van der Waals surface area contributed by atoms with Gasteiger partial charge in [0, 0.05) is 19.3 Å². The second-order valence-corrected chi connectivity index (χ2v) is 8.58. The fourth-order valence-electron chi connectivity index (χ4n) is 3.48. The molecule has 0 saturated carbocycles. The molecule has 0 aliphatic carbocycles. The quantitative estimate of drug-likeness (QED) is 0.0932. The third-order valence-corrected chi connectivity index (χ3v) is 5.51. The Hall–Kier alpha value is -2.12. The van der Waals surface area contributed by atoms with Crippen LogP contribution in [0.1, 0.15) is 110 Å². The molecule has 2 unspecified atom stereocenters. The Bertz CT molecular complexity index is 534. The molecule has 0 fully saturated rings. The lowest BCUT2D eigenvalue weighted by molar-refractivity contribution is -0.160. The summed E-state index contributed by atoms with van der Waals surface area (Å²) in [6.07, 6.45) is 10.3. The third kappa shape index (κ3) is 20.2. The molecule has 0 radical (unpaired) electrons. The summed E-state index contributed by atoms with van der Waals surface area (Å²) >= 11 is 0. The molecule has 0 heterocycles. The Balaban J connectivity index is 4.69. The standard InChI is InChI=1S/C25H44O8/c1-3-5-7-9-11-12-24(29)32-19-22(33-25(30)13-10-8-6-4-2)16-14-21(18-31-20-26)15-17-23(27)28/h20-22H,3-19H2,1-2H3,(H,27,28). The highest BCUT2D eigenvalue weighted by Gasteiger charge is 2.20. The Morgan fingerprint density at radius 2 is 1.36 bits per heavy atom. The first-order valence-electron chi connectivity index (χ1n) is 12.5. The van der Waals surface area contributed by atoms with Crippen LogP contribution in [0, 0.1) is 5.92 Å². The highest BCUT2D eigenvalue weighted by Crippen LogP contribution is 2.18. The van der Waals surface area contributed by atoms with Crippen molar-refractivity contribution in [2.75, 3.05) is 13.2 Å². The van der Waals surface area contributed by atoms with Gasteiger partial charge in [-0.15, -0.1) is 0 Å². The summed E-state index contributed by atoms with van der Waals surface area (Å²) in [5, 5.41) is 8.93. The van der Waals surface area contributed by atoms with Crippen LogP contribution in [0.15, 0.2) is 0 Å². The summed E-state index contributed by atoms with van der Waals surface area (Å²) < 4.78 is 15.8. The predicted octanol–water partition coefficient (Wildman–Crippen LogP) is 5.21. The molecule has 0 spiro atoms. The second kappa shape index (κ2) is 21.7. The van der Waals surface area contributed by atoms with Crippen LogP contribution >= 0.6 is 0 Å². The maximum absolute atomic E-state index is 12.3. The van der Waals surface area contributed by atoms with E-state index in [-0.39, 0.29) is 37.5 Å². The maximum atomic E-state index is 12.3. The van der Waals surface area contributed by atoms with E-state index in [9.17, 15) is 19.2 Å². The molecule has 192 valence electrons. The number of unbranched alkanes of at least 4 members (excludes halogenated alkanes) is 7. The van der Waals surface area contributed by atoms with Crippen LogP contribution in [0.3, 0.4) is 0 Å². The van der Waals surface area contributed by atoms with Crippen LogP contribution in [0.4, 0.5) is 0 Å². The van der Waals surface area contributed by atoms with Crippen LogP contribution in [0.25, 0.3) is 0 Å². The monoisotopic (exact) mass is 472 g/mol. The molecule has 0 aliphatic rings. The lowest BCUT2D eigenvalue weighted by Crippen LogP contribution is -2.26. The van der Waals surface area contributed by atoms with E-state index in [1.165, 1.54) is 0 Å². The van der Waals surface area contributed by atoms with E-state index in [4.69, 9.17) is 19.3 Å². The first-order valence-corrected chi connectivity index (χ1v) is 12.5. The largest absolute Gasteiger partial charge is 0.481 e. The summed E-state index contributed by atoms with van der Waals surface area (Å²) in [6.45, 7) is 4.66. The van der Waals surface area contributed by atoms with E-state index >= 15 is 0 Å². The number of carboxylic acid groups (broad SMARTS) is 1. The van der Waals surface area contributed by atoms with Gasteiger partial charge in [-0.05, 0) is 38.0 Å². The number of ether oxygens (including phenoxy) is 3. The van der Waals surface area contributed by atoms with E-state index in [0.29, 0.717) is 38.6 Å². The summed E-state index contributed by atoms with van der Waals surface area (Å²) in [5.74, 6) is -1.72. The SMILES string of the molecule is CCCCCCCC(=O)OCC(CCC(CCC(=O)O)COC=O)OC(=O)CCCCCC. The van der Waals surface area contributed by atoms with Crippen LogP contribution in [-0.4, -0.2) is 48.8 Å². The van der Waals surface area contributed by atoms with Crippen LogP contribution in [0.5, 0.6) is 0 Å². The summed E-state index contributed by atoms with van der Waals surface area (Å²) in [4.78, 5) is 45.8. The third-order valence-electron chi connectivity index (χ3n) is 5.51. The van der Waals surface area contributed by atoms with Crippen LogP contribution < -0.4 is 0 Å². The van der Waals surface area contributed by atoms with Crippen LogP contribution in [-0.2, 0) is 33.4 Å². The summed E-state index contributed by atoms with van der Waals surface area (Å²) in [6, 6.07) is 0. The number of aliphatic carboxylic acids is 1. The van der Waals surface area contributed by atoms with Crippen LogP contribution in [0.2, 0.25) is 0 Å². The minimum absolute atomic E-state index is 0.0192. The van der Waals surface area contributed by atoms with Crippen molar-refractivity contribution in [3.63, 3.8) is 0 Å². The minimum atomic E-state index is -0.922. The topological polar surface area (TPSA) is 116 Å². The Kier molecular flexibility index (Phi) is 20.3. The molecule has 0 aromatic heterocycles. The Labute approximate surface area is 198 Å². The average Bonchev–Trinajstić information content (AvgIpc) is 2.79. The highest BCUT2D eigenvalue weighted by molar-refractivity contribution is 5.70. The number of carbonyl (C=O) groups excluding carboxylic acids is 3. The molecule has 0 aromatic rings. The molecular weight excluding hydrogens is 428 g/mol. The van der Waals surface area contributed by atoms with Crippen molar-refractivity contribution in [2.24, 2.45) is 5.92 Å². The highest BCUT2D eigenvalue weighted by atomic mass is 16.6. The fourth-order valence-corrected chi connectivity index (χ4v) is 3.48. The molecule has 33 heavy (non-hydrogen) atoms. The number of carbonyl (C=O) groups is 4. The molecule has 2 atom stereocenters. The first kappa shape index (κ1) is 30.9. The Morgan fingerprint density at radius 1 is 0.758 bits per heavy atom. The lowest BCUT2D eigenvalue weighted by atomic mass is 9.96. The second-order valence-electron chi connectivity index (χ2n) is 8.58. The first-order chi connectivity index (χ1) is 15.9. The molecule has 8 nitrogen and oxygen atoms in total. The van der Waals surface area contributed by atoms with Gasteiger partial charge in [0.15, 0.2) is 0 Å². The van der Waals surface area contributed by atoms with Gasteiger partial charge in [-0.25, -0.2) is 0 Å². The maximum Gasteiger partial charge on any atom is 0.306 e. The number of carboxylic acids is 1. The molecule has 0 rings (SSSR count). The zero-order valence-corrected chi connectivity index (χ0v) is 20.6. The van der Waals surface area contributed by atoms with Gasteiger partial charge in [-0.2, -0.15) is 0 Å². The van der Waals surface area contributed by atoms with E-state index in [0.717, 1.165) is 57.8 Å². The van der Waals surface area contributed by atoms with Crippen molar-refractivity contribution >= 4 is 24.4 Å². The number of rotatable bonds is 23. The van der Waals surface area contributed by atoms with Gasteiger partial charge < -0.3 is 19.3 Å². The number of esters is 2. The van der Waals surface area contributed by atoms with E-state index in [2.05, 4.69) is 13.8 Å². The fraction of sp³-hybridized carbons (Fsp3) is 0.840. The average molecular weight is 473 g/mol. The van der Waals surface area contributed by atoms with Gasteiger partial charge in [0.25, 0.3) is 6.47 Å². The number of hydrogen-bond donors (Lipinski definition) is 1. The van der Waals surface area contributed by atoms with Gasteiger partial charge in [0.2, 0.25) is 0 Å². The van der Waals surface area contributed by atoms with Crippen molar-refractivity contribution < 1.29 is 38.5 Å². The van der Waals surface area contributed by atoms with E-state index < -0.39 is 12.1 Å². The normalized spacial score (nSPS) is 12.5. The molecule has 0 aliphatic heterocycles. The zero-order chi connectivity index (χ0) is 24.7. The Morgan fingerprint density at radius 3 is 1.97 bits per heavy atom. The van der Waals surface area contributed by atoms with Gasteiger partial charge >= 0.3 is 17.9 Å². The number of hydrogen-bond acceptors (Lipinski definition) is 7. The van der Waals surface area contributed by atoms with Crippen molar-refractivity contribution in [1.29, 1.82) is 0 Å². The van der Waals surface area contributed by atoms with Crippen molar-refractivity contribution in [2.45, 2.75) is 116 Å².